The van der Waals surface area contributed by atoms with Gasteiger partial charge >= 0.3 is 6.18 Å². The molecule has 0 bridgehead atoms. The second-order valence-electron chi connectivity index (χ2n) is 3.72. The van der Waals surface area contributed by atoms with Crippen molar-refractivity contribution in [2.24, 2.45) is 0 Å². The number of nitrogens with one attached hydrogen (secondary N) is 1. The van der Waals surface area contributed by atoms with Gasteiger partial charge in [0.2, 0.25) is 5.91 Å². The van der Waals surface area contributed by atoms with Gasteiger partial charge in [-0.1, -0.05) is 0 Å². The summed E-state index contributed by atoms with van der Waals surface area (Å²) in [5.41, 5.74) is -0.333. The summed E-state index contributed by atoms with van der Waals surface area (Å²) in [4.78, 5) is 11.4. The lowest BCUT2D eigenvalue weighted by molar-refractivity contribution is -0.137. The highest BCUT2D eigenvalue weighted by atomic mass is 32.2. The number of anilines is 1. The number of carbonyl (C=O) groups excluding carboxylic acids is 1. The average Bonchev–Trinajstić information content (AvgIpc) is 2.29. The molecular formula is C12H14F3NOS. The average molecular weight is 277 g/mol. The Morgan fingerprint density at radius 3 is 2.39 bits per heavy atom. The zero-order valence-corrected chi connectivity index (χ0v) is 10.7. The lowest BCUT2D eigenvalue weighted by Gasteiger charge is -2.08. The fourth-order valence-electron chi connectivity index (χ4n) is 1.34. The summed E-state index contributed by atoms with van der Waals surface area (Å²) in [6.45, 7) is 0. The quantitative estimate of drug-likeness (QED) is 0.830. The highest BCUT2D eigenvalue weighted by Crippen LogP contribution is 2.29. The van der Waals surface area contributed by atoms with Gasteiger partial charge in [0.1, 0.15) is 0 Å². The molecule has 0 atom stereocenters. The Kier molecular flexibility index (Phi) is 5.53. The van der Waals surface area contributed by atoms with E-state index in [-0.39, 0.29) is 5.91 Å². The van der Waals surface area contributed by atoms with Crippen LogP contribution in [0, 0.1) is 0 Å². The van der Waals surface area contributed by atoms with Crippen molar-refractivity contribution in [3.05, 3.63) is 29.8 Å². The Morgan fingerprint density at radius 1 is 1.28 bits per heavy atom. The van der Waals surface area contributed by atoms with Crippen molar-refractivity contribution in [3.63, 3.8) is 0 Å². The maximum atomic E-state index is 12.3. The van der Waals surface area contributed by atoms with Crippen molar-refractivity contribution in [3.8, 4) is 0 Å². The molecule has 1 rings (SSSR count). The van der Waals surface area contributed by atoms with E-state index in [4.69, 9.17) is 0 Å². The number of alkyl halides is 3. The van der Waals surface area contributed by atoms with Gasteiger partial charge in [0.05, 0.1) is 5.56 Å². The molecule has 0 aliphatic heterocycles. The van der Waals surface area contributed by atoms with Crippen molar-refractivity contribution in [2.45, 2.75) is 19.0 Å². The molecule has 0 aromatic heterocycles. The molecule has 0 spiro atoms. The van der Waals surface area contributed by atoms with Crippen LogP contribution in [0.3, 0.4) is 0 Å². The molecule has 0 aliphatic rings. The maximum Gasteiger partial charge on any atom is 0.416 e. The van der Waals surface area contributed by atoms with Crippen LogP contribution in [0.2, 0.25) is 0 Å². The molecule has 1 amide bonds. The summed E-state index contributed by atoms with van der Waals surface area (Å²) < 4.78 is 36.9. The SMILES string of the molecule is CSCCCC(=O)Nc1ccc(C(F)(F)F)cc1. The first-order valence-electron chi connectivity index (χ1n) is 5.39. The number of rotatable bonds is 5. The van der Waals surface area contributed by atoms with E-state index in [2.05, 4.69) is 5.32 Å². The highest BCUT2D eigenvalue weighted by molar-refractivity contribution is 7.98. The molecule has 1 aromatic rings. The van der Waals surface area contributed by atoms with E-state index in [9.17, 15) is 18.0 Å². The molecule has 6 heteroatoms. The molecule has 0 saturated heterocycles. The Balaban J connectivity index is 2.51. The van der Waals surface area contributed by atoms with Crippen LogP contribution in [0.15, 0.2) is 24.3 Å². The zero-order valence-electron chi connectivity index (χ0n) is 9.88. The van der Waals surface area contributed by atoms with E-state index in [0.29, 0.717) is 12.1 Å². The van der Waals surface area contributed by atoms with E-state index in [1.807, 2.05) is 6.26 Å². The second-order valence-corrected chi connectivity index (χ2v) is 4.71. The van der Waals surface area contributed by atoms with Crippen molar-refractivity contribution in [1.29, 1.82) is 0 Å². The standard InChI is InChI=1S/C12H14F3NOS/c1-18-8-2-3-11(17)16-10-6-4-9(5-7-10)12(13,14)15/h4-7H,2-3,8H2,1H3,(H,16,17). The predicted octanol–water partition coefficient (Wildman–Crippen LogP) is 3.79. The third-order valence-electron chi connectivity index (χ3n) is 2.25. The van der Waals surface area contributed by atoms with Gasteiger partial charge in [-0.25, -0.2) is 0 Å². The molecule has 0 fully saturated rings. The summed E-state index contributed by atoms with van der Waals surface area (Å²) in [5.74, 6) is 0.712. The van der Waals surface area contributed by atoms with Crippen molar-refractivity contribution in [1.82, 2.24) is 0 Å². The first kappa shape index (κ1) is 14.9. The molecule has 0 saturated carbocycles. The largest absolute Gasteiger partial charge is 0.416 e. The van der Waals surface area contributed by atoms with E-state index in [0.717, 1.165) is 24.3 Å². The van der Waals surface area contributed by atoms with Gasteiger partial charge in [-0.15, -0.1) is 0 Å². The number of thioether (sulfide) groups is 1. The molecule has 1 N–H and O–H groups in total. The van der Waals surface area contributed by atoms with Gasteiger partial charge in [0.15, 0.2) is 0 Å². The molecule has 0 heterocycles. The monoisotopic (exact) mass is 277 g/mol. The summed E-state index contributed by atoms with van der Waals surface area (Å²) in [6.07, 6.45) is -1.26. The number of hydrogen-bond acceptors (Lipinski definition) is 2. The Labute approximate surface area is 108 Å². The number of halogens is 3. The fraction of sp³-hybridized carbons (Fsp3) is 0.417. The molecule has 2 nitrogen and oxygen atoms in total. The Bertz CT molecular complexity index is 389. The zero-order chi connectivity index (χ0) is 13.6. The second kappa shape index (κ2) is 6.68. The molecule has 18 heavy (non-hydrogen) atoms. The topological polar surface area (TPSA) is 29.1 Å². The minimum atomic E-state index is -4.35. The molecule has 0 unspecified atom stereocenters. The van der Waals surface area contributed by atoms with Crippen LogP contribution in [0.25, 0.3) is 0 Å². The minimum Gasteiger partial charge on any atom is -0.326 e. The van der Waals surface area contributed by atoms with Gasteiger partial charge in [-0.05, 0) is 42.7 Å². The van der Waals surface area contributed by atoms with Crippen molar-refractivity contribution >= 4 is 23.4 Å². The van der Waals surface area contributed by atoms with Crippen LogP contribution in [-0.2, 0) is 11.0 Å². The van der Waals surface area contributed by atoms with E-state index in [1.165, 1.54) is 12.1 Å². The van der Waals surface area contributed by atoms with E-state index in [1.54, 1.807) is 11.8 Å². The first-order valence-corrected chi connectivity index (χ1v) is 6.79. The molecule has 1 aromatic carbocycles. The third-order valence-corrected chi connectivity index (χ3v) is 2.95. The smallest absolute Gasteiger partial charge is 0.326 e. The van der Waals surface area contributed by atoms with E-state index < -0.39 is 11.7 Å². The van der Waals surface area contributed by atoms with Crippen LogP contribution in [-0.4, -0.2) is 17.9 Å². The van der Waals surface area contributed by atoms with Gasteiger partial charge < -0.3 is 5.32 Å². The van der Waals surface area contributed by atoms with Crippen LogP contribution in [0.1, 0.15) is 18.4 Å². The lowest BCUT2D eigenvalue weighted by atomic mass is 10.2. The summed E-state index contributed by atoms with van der Waals surface area (Å²) in [7, 11) is 0. The van der Waals surface area contributed by atoms with Crippen LogP contribution >= 0.6 is 11.8 Å². The summed E-state index contributed by atoms with van der Waals surface area (Å²) >= 11 is 1.65. The van der Waals surface area contributed by atoms with Gasteiger partial charge in [-0.2, -0.15) is 24.9 Å². The van der Waals surface area contributed by atoms with Crippen LogP contribution in [0.4, 0.5) is 18.9 Å². The molecule has 0 aliphatic carbocycles. The predicted molar refractivity (Wildman–Crippen MR) is 67.7 cm³/mol. The lowest BCUT2D eigenvalue weighted by Crippen LogP contribution is -2.12. The third kappa shape index (κ3) is 5.00. The van der Waals surface area contributed by atoms with Crippen LogP contribution in [0.5, 0.6) is 0 Å². The number of amides is 1. The Hall–Kier alpha value is -1.17. The number of carbonyl (C=O) groups is 1. The molecule has 0 radical (unpaired) electrons. The van der Waals surface area contributed by atoms with Crippen LogP contribution < -0.4 is 5.32 Å². The number of benzene rings is 1. The first-order chi connectivity index (χ1) is 8.43. The van der Waals surface area contributed by atoms with Crippen molar-refractivity contribution < 1.29 is 18.0 Å². The summed E-state index contributed by atoms with van der Waals surface area (Å²) in [6, 6.07) is 4.43. The summed E-state index contributed by atoms with van der Waals surface area (Å²) in [5, 5.41) is 2.56. The van der Waals surface area contributed by atoms with Gasteiger partial charge in [-0.3, -0.25) is 4.79 Å². The maximum absolute atomic E-state index is 12.3. The Morgan fingerprint density at radius 2 is 1.89 bits per heavy atom. The minimum absolute atomic E-state index is 0.177. The number of hydrogen-bond donors (Lipinski definition) is 1. The van der Waals surface area contributed by atoms with Gasteiger partial charge in [0.25, 0.3) is 0 Å². The van der Waals surface area contributed by atoms with Gasteiger partial charge in [0, 0.05) is 12.1 Å². The van der Waals surface area contributed by atoms with E-state index >= 15 is 0 Å². The molecule has 100 valence electrons. The normalized spacial score (nSPS) is 11.3. The fourth-order valence-corrected chi connectivity index (χ4v) is 1.78. The van der Waals surface area contributed by atoms with Crippen molar-refractivity contribution in [2.75, 3.05) is 17.3 Å². The highest BCUT2D eigenvalue weighted by Gasteiger charge is 2.29. The molecular weight excluding hydrogens is 263 g/mol.